The molecule has 0 spiro atoms. The quantitative estimate of drug-likeness (QED) is 0.349. The number of halogens is 1. The maximum atomic E-state index is 14.3. The summed E-state index contributed by atoms with van der Waals surface area (Å²) in [7, 11) is 1.89. The third kappa shape index (κ3) is 5.37. The number of ether oxygens (including phenoxy) is 1. The van der Waals surface area contributed by atoms with Crippen molar-refractivity contribution in [1.82, 2.24) is 19.7 Å². The fraction of sp³-hybridized carbons (Fsp3) is 0.321. The Bertz CT molecular complexity index is 1480. The van der Waals surface area contributed by atoms with Crippen molar-refractivity contribution in [2.45, 2.75) is 32.0 Å². The number of urea groups is 1. The van der Waals surface area contributed by atoms with E-state index in [1.807, 2.05) is 56.1 Å². The maximum Gasteiger partial charge on any atom is 0.326 e. The van der Waals surface area contributed by atoms with Gasteiger partial charge in [-0.05, 0) is 49.2 Å². The van der Waals surface area contributed by atoms with E-state index in [-0.39, 0.29) is 30.0 Å². The Kier molecular flexibility index (Phi) is 7.49. The molecule has 0 radical (unpaired) electrons. The molecule has 3 aromatic rings. The number of hydrogen-bond donors (Lipinski definition) is 1. The van der Waals surface area contributed by atoms with Crippen LogP contribution in [-0.4, -0.2) is 62.8 Å². The fourth-order valence-electron chi connectivity index (χ4n) is 5.01. The van der Waals surface area contributed by atoms with Crippen molar-refractivity contribution >= 4 is 35.1 Å². The minimum absolute atomic E-state index is 0.0919. The van der Waals surface area contributed by atoms with Gasteiger partial charge in [-0.15, -0.1) is 0 Å². The number of rotatable bonds is 6. The minimum Gasteiger partial charge on any atom is -0.490 e. The molecular weight excluding hydrogens is 536 g/mol. The van der Waals surface area contributed by atoms with Gasteiger partial charge in [-0.3, -0.25) is 24.8 Å². The molecule has 0 aliphatic carbocycles. The molecular formula is C28H29ClN6O5. The predicted octanol–water partition coefficient (Wildman–Crippen LogP) is 4.47. The molecule has 11 nitrogen and oxygen atoms in total. The van der Waals surface area contributed by atoms with Gasteiger partial charge in [0.1, 0.15) is 24.2 Å². The summed E-state index contributed by atoms with van der Waals surface area (Å²) in [5, 5.41) is 14.9. The Balaban J connectivity index is 1.71. The molecule has 5 rings (SSSR count). The Hall–Kier alpha value is -4.38. The lowest BCUT2D eigenvalue weighted by atomic mass is 9.95. The zero-order valence-electron chi connectivity index (χ0n) is 22.3. The summed E-state index contributed by atoms with van der Waals surface area (Å²) < 4.78 is 7.91. The molecule has 1 N–H and O–H groups in total. The van der Waals surface area contributed by atoms with E-state index < -0.39 is 23.0 Å². The predicted molar refractivity (Wildman–Crippen MR) is 150 cm³/mol. The second-order valence-corrected chi connectivity index (χ2v) is 10.5. The van der Waals surface area contributed by atoms with Crippen LogP contribution in [0.4, 0.5) is 10.5 Å². The molecule has 2 aromatic carbocycles. The van der Waals surface area contributed by atoms with Gasteiger partial charge in [-0.2, -0.15) is 0 Å². The molecule has 1 saturated heterocycles. The number of carbonyl (C=O) groups excluding carboxylic acids is 2. The molecule has 2 atom stereocenters. The molecule has 2 aliphatic heterocycles. The monoisotopic (exact) mass is 564 g/mol. The number of non-ortho nitro benzene ring substituents is 1. The first-order valence-corrected chi connectivity index (χ1v) is 13.3. The van der Waals surface area contributed by atoms with E-state index in [0.717, 1.165) is 11.1 Å². The van der Waals surface area contributed by atoms with Crippen LogP contribution in [0.1, 0.15) is 42.6 Å². The lowest BCUT2D eigenvalue weighted by molar-refractivity contribution is -0.384. The molecule has 0 unspecified atom stereocenters. The Morgan fingerprint density at radius 2 is 1.93 bits per heavy atom. The largest absolute Gasteiger partial charge is 0.490 e. The van der Waals surface area contributed by atoms with E-state index in [1.54, 1.807) is 23.1 Å². The zero-order chi connectivity index (χ0) is 28.6. The van der Waals surface area contributed by atoms with Crippen LogP contribution in [0.15, 0.2) is 65.9 Å². The van der Waals surface area contributed by atoms with Crippen LogP contribution in [0, 0.1) is 10.1 Å². The first kappa shape index (κ1) is 27.2. The van der Waals surface area contributed by atoms with Gasteiger partial charge in [-0.25, -0.2) is 4.79 Å². The molecule has 3 amide bonds. The van der Waals surface area contributed by atoms with Crippen molar-refractivity contribution in [2.24, 2.45) is 12.0 Å². The number of nitro groups is 1. The van der Waals surface area contributed by atoms with Crippen LogP contribution >= 0.6 is 11.6 Å². The van der Waals surface area contributed by atoms with Gasteiger partial charge in [0.25, 0.3) is 5.69 Å². The number of amides is 3. The van der Waals surface area contributed by atoms with Crippen LogP contribution in [0.5, 0.6) is 5.75 Å². The third-order valence-corrected chi connectivity index (χ3v) is 7.02. The van der Waals surface area contributed by atoms with Crippen LogP contribution in [0.3, 0.4) is 0 Å². The Labute approximate surface area is 236 Å². The Morgan fingerprint density at radius 3 is 2.55 bits per heavy atom. The normalized spacial score (nSPS) is 19.0. The topological polar surface area (TPSA) is 122 Å². The number of nitro benzene ring substituents is 1. The van der Waals surface area contributed by atoms with Gasteiger partial charge < -0.3 is 19.5 Å². The van der Waals surface area contributed by atoms with Gasteiger partial charge in [0.15, 0.2) is 0 Å². The number of amidine groups is 1. The second kappa shape index (κ2) is 11.0. The number of nitrogens with zero attached hydrogens (tertiary/aromatic N) is 5. The highest BCUT2D eigenvalue weighted by molar-refractivity contribution is 6.30. The summed E-state index contributed by atoms with van der Waals surface area (Å²) in [6, 6.07) is 12.0. The summed E-state index contributed by atoms with van der Waals surface area (Å²) in [5.41, 5.74) is 1.96. The zero-order valence-corrected chi connectivity index (χ0v) is 23.0. The smallest absolute Gasteiger partial charge is 0.326 e. The molecule has 3 heterocycles. The first-order chi connectivity index (χ1) is 19.1. The number of piperazine rings is 1. The van der Waals surface area contributed by atoms with E-state index in [0.29, 0.717) is 29.5 Å². The number of carbonyl (C=O) groups is 2. The number of benzene rings is 2. The lowest BCUT2D eigenvalue weighted by Crippen LogP contribution is -2.55. The fourth-order valence-corrected chi connectivity index (χ4v) is 5.14. The number of nitrogens with one attached hydrogen (secondary N) is 1. The first-order valence-electron chi connectivity index (χ1n) is 12.9. The molecule has 40 heavy (non-hydrogen) atoms. The summed E-state index contributed by atoms with van der Waals surface area (Å²) in [4.78, 5) is 45.8. The van der Waals surface area contributed by atoms with Gasteiger partial charge in [0, 0.05) is 43.6 Å². The average Bonchev–Trinajstić information content (AvgIpc) is 3.52. The SMILES string of the molecule is CC(C)Oc1cc([N+](=O)[O-])ccc1C1=N[C@@H](c2ccc(Cl)cc2)[C@@H](c2ccn(C)c2)N1C(=O)N1CCNC(=O)C1. The molecule has 0 bridgehead atoms. The van der Waals surface area contributed by atoms with E-state index >= 15 is 0 Å². The highest BCUT2D eigenvalue weighted by atomic mass is 35.5. The lowest BCUT2D eigenvalue weighted by Gasteiger charge is -2.35. The molecule has 1 fully saturated rings. The number of aromatic nitrogens is 1. The van der Waals surface area contributed by atoms with Crippen LogP contribution in [0.25, 0.3) is 0 Å². The summed E-state index contributed by atoms with van der Waals surface area (Å²) in [5.74, 6) is 0.290. The van der Waals surface area contributed by atoms with E-state index in [9.17, 15) is 19.7 Å². The highest BCUT2D eigenvalue weighted by Crippen LogP contribution is 2.45. The number of aryl methyl sites for hydroxylation is 1. The molecule has 0 saturated carbocycles. The van der Waals surface area contributed by atoms with Crippen molar-refractivity contribution in [1.29, 1.82) is 0 Å². The van der Waals surface area contributed by atoms with Gasteiger partial charge >= 0.3 is 6.03 Å². The standard InChI is InChI=1S/C28H29ClN6O5/c1-17(2)40-23-14-21(35(38)39)8-9-22(23)27-31-25(18-4-6-20(29)7-5-18)26(19-10-12-32(3)15-19)34(27)28(37)33-13-11-30-24(36)16-33/h4-10,12,14-15,17,25-26H,11,13,16H2,1-3H3,(H,30,36)/t25-,26+/m0/s1. The maximum absolute atomic E-state index is 14.3. The molecule has 12 heteroatoms. The average molecular weight is 565 g/mol. The van der Waals surface area contributed by atoms with Crippen molar-refractivity contribution < 1.29 is 19.2 Å². The van der Waals surface area contributed by atoms with E-state index in [4.69, 9.17) is 21.3 Å². The minimum atomic E-state index is -0.572. The van der Waals surface area contributed by atoms with E-state index in [2.05, 4.69) is 5.32 Å². The van der Waals surface area contributed by atoms with Crippen LogP contribution in [-0.2, 0) is 11.8 Å². The second-order valence-electron chi connectivity index (χ2n) is 10.0. The number of aliphatic imine (C=N–C) groups is 1. The van der Waals surface area contributed by atoms with Gasteiger partial charge in [0.2, 0.25) is 5.91 Å². The molecule has 1 aromatic heterocycles. The van der Waals surface area contributed by atoms with Crippen molar-refractivity contribution in [3.8, 4) is 5.75 Å². The van der Waals surface area contributed by atoms with Crippen LogP contribution < -0.4 is 10.1 Å². The van der Waals surface area contributed by atoms with Gasteiger partial charge in [0.05, 0.1) is 28.7 Å². The third-order valence-electron chi connectivity index (χ3n) is 6.77. The van der Waals surface area contributed by atoms with Crippen molar-refractivity contribution in [3.63, 3.8) is 0 Å². The van der Waals surface area contributed by atoms with Crippen molar-refractivity contribution in [2.75, 3.05) is 19.6 Å². The molecule has 208 valence electrons. The highest BCUT2D eigenvalue weighted by Gasteiger charge is 2.45. The van der Waals surface area contributed by atoms with Gasteiger partial charge in [-0.1, -0.05) is 23.7 Å². The van der Waals surface area contributed by atoms with Crippen molar-refractivity contribution in [3.05, 3.63) is 92.8 Å². The molecule has 2 aliphatic rings. The van der Waals surface area contributed by atoms with Crippen LogP contribution in [0.2, 0.25) is 5.02 Å². The summed E-state index contributed by atoms with van der Waals surface area (Å²) in [6.45, 7) is 4.21. The summed E-state index contributed by atoms with van der Waals surface area (Å²) in [6.07, 6.45) is 3.52. The summed E-state index contributed by atoms with van der Waals surface area (Å²) >= 11 is 6.18. The number of hydrogen-bond acceptors (Lipinski definition) is 6. The Morgan fingerprint density at radius 1 is 1.18 bits per heavy atom. The van der Waals surface area contributed by atoms with E-state index in [1.165, 1.54) is 17.0 Å².